The Morgan fingerprint density at radius 1 is 0.886 bits per heavy atom. The number of para-hydroxylation sites is 1. The normalized spacial score (nSPS) is 20.2. The molecule has 7 nitrogen and oxygen atoms in total. The van der Waals surface area contributed by atoms with E-state index in [4.69, 9.17) is 15.1 Å². The Balaban J connectivity index is 1.49. The highest BCUT2D eigenvalue weighted by Crippen LogP contribution is 2.55. The van der Waals surface area contributed by atoms with Crippen LogP contribution >= 0.6 is 0 Å². The fraction of sp³-hybridized carbons (Fsp3) is 0.270. The molecule has 0 spiro atoms. The van der Waals surface area contributed by atoms with Crippen molar-refractivity contribution in [2.75, 3.05) is 0 Å². The molecule has 0 saturated heterocycles. The summed E-state index contributed by atoms with van der Waals surface area (Å²) in [6, 6.07) is 26.5. The van der Waals surface area contributed by atoms with E-state index < -0.39 is 11.1 Å². The van der Waals surface area contributed by atoms with Crippen LogP contribution in [0.25, 0.3) is 55.6 Å². The summed E-state index contributed by atoms with van der Waals surface area (Å²) in [5.41, 5.74) is 10.5. The van der Waals surface area contributed by atoms with Crippen LogP contribution in [0.5, 0.6) is 0 Å². The quantitative estimate of drug-likeness (QED) is 0.229. The number of hydrogen-bond donors (Lipinski definition) is 0. The van der Waals surface area contributed by atoms with Crippen LogP contribution in [-0.4, -0.2) is 24.3 Å². The molecule has 7 heterocycles. The van der Waals surface area contributed by atoms with Crippen LogP contribution in [0.1, 0.15) is 44.4 Å². The highest BCUT2D eigenvalue weighted by molar-refractivity contribution is 6.09. The van der Waals surface area contributed by atoms with Crippen molar-refractivity contribution < 1.29 is 9.13 Å². The van der Waals surface area contributed by atoms with Crippen molar-refractivity contribution in [3.8, 4) is 22.6 Å². The average Bonchev–Trinajstić information content (AvgIpc) is 3.69. The lowest BCUT2D eigenvalue weighted by molar-refractivity contribution is -0.765. The molecule has 0 fully saturated rings. The van der Waals surface area contributed by atoms with E-state index >= 15 is 0 Å². The standard InChI is InChI=1S/C37H35N7/c1-5-16-37(36(6-2)23-42-18-10-9-15-31(42)33-19-24(3)40-44(33)36)28-21-32-26(25-12-7-8-14-30(25)41(32)4)20-27(28)34-22-39-29-13-11-17-38-35(29)43(34)37/h7-15,17-22H,5-6,16,23H2,1-4H3/q+2. The molecule has 2 aliphatic rings. The highest BCUT2D eigenvalue weighted by Gasteiger charge is 2.67. The van der Waals surface area contributed by atoms with E-state index in [1.807, 2.05) is 12.3 Å². The molecule has 0 bridgehead atoms. The molecular weight excluding hydrogens is 542 g/mol. The van der Waals surface area contributed by atoms with Gasteiger partial charge in [0, 0.05) is 52.1 Å². The first-order valence-corrected chi connectivity index (χ1v) is 15.8. The minimum absolute atomic E-state index is 0.430. The highest BCUT2D eigenvalue weighted by atomic mass is 15.4. The molecule has 2 aromatic carbocycles. The van der Waals surface area contributed by atoms with E-state index in [-0.39, 0.29) is 0 Å². The third kappa shape index (κ3) is 2.94. The maximum absolute atomic E-state index is 5.34. The fourth-order valence-corrected chi connectivity index (χ4v) is 8.78. The van der Waals surface area contributed by atoms with Gasteiger partial charge in [0.25, 0.3) is 0 Å². The summed E-state index contributed by atoms with van der Waals surface area (Å²) in [4.78, 5) is 10.0. The zero-order chi connectivity index (χ0) is 29.8. The van der Waals surface area contributed by atoms with E-state index in [0.717, 1.165) is 48.4 Å². The molecule has 216 valence electrons. The van der Waals surface area contributed by atoms with Crippen molar-refractivity contribution in [2.24, 2.45) is 7.05 Å². The average molecular weight is 578 g/mol. The van der Waals surface area contributed by atoms with Crippen LogP contribution in [0.4, 0.5) is 0 Å². The first-order chi connectivity index (χ1) is 21.5. The number of pyridine rings is 2. The van der Waals surface area contributed by atoms with Crippen LogP contribution in [0.2, 0.25) is 0 Å². The molecule has 2 aliphatic heterocycles. The summed E-state index contributed by atoms with van der Waals surface area (Å²) in [6.45, 7) is 7.57. The lowest BCUT2D eigenvalue weighted by Gasteiger charge is -2.47. The largest absolute Gasteiger partial charge is 0.350 e. The van der Waals surface area contributed by atoms with Crippen molar-refractivity contribution in [3.63, 3.8) is 0 Å². The van der Waals surface area contributed by atoms with E-state index in [0.29, 0.717) is 0 Å². The number of fused-ring (bicyclic) bond motifs is 11. The van der Waals surface area contributed by atoms with Crippen LogP contribution in [0, 0.1) is 6.92 Å². The van der Waals surface area contributed by atoms with Gasteiger partial charge >= 0.3 is 5.65 Å². The molecule has 0 aliphatic carbocycles. The van der Waals surface area contributed by atoms with Gasteiger partial charge in [0.1, 0.15) is 11.9 Å². The van der Waals surface area contributed by atoms with Gasteiger partial charge in [-0.15, -0.1) is 0 Å². The summed E-state index contributed by atoms with van der Waals surface area (Å²) in [5.74, 6) is 0. The first-order valence-electron chi connectivity index (χ1n) is 15.8. The van der Waals surface area contributed by atoms with Crippen molar-refractivity contribution in [3.05, 3.63) is 103 Å². The number of hydrogen-bond acceptors (Lipinski definition) is 3. The second kappa shape index (κ2) is 8.82. The maximum atomic E-state index is 5.34. The predicted molar refractivity (Wildman–Crippen MR) is 172 cm³/mol. The zero-order valence-corrected chi connectivity index (χ0v) is 25.6. The van der Waals surface area contributed by atoms with Gasteiger partial charge in [-0.2, -0.15) is 9.67 Å². The van der Waals surface area contributed by atoms with Crippen LogP contribution in [0.15, 0.2) is 91.4 Å². The van der Waals surface area contributed by atoms with Gasteiger partial charge in [0.05, 0.1) is 11.9 Å². The van der Waals surface area contributed by atoms with Crippen molar-refractivity contribution in [1.82, 2.24) is 24.3 Å². The molecule has 2 unspecified atom stereocenters. The van der Waals surface area contributed by atoms with Crippen molar-refractivity contribution in [2.45, 2.75) is 57.7 Å². The van der Waals surface area contributed by atoms with Crippen LogP contribution in [0.3, 0.4) is 0 Å². The molecule has 44 heavy (non-hydrogen) atoms. The Labute approximate surface area is 256 Å². The number of benzene rings is 2. The maximum Gasteiger partial charge on any atom is 0.350 e. The minimum Gasteiger partial charge on any atom is -0.344 e. The summed E-state index contributed by atoms with van der Waals surface area (Å²) in [5, 5.41) is 7.88. The van der Waals surface area contributed by atoms with E-state index in [2.05, 4.69) is 125 Å². The molecular formula is C37H35N7+2. The number of aryl methyl sites for hydroxylation is 2. The van der Waals surface area contributed by atoms with Crippen molar-refractivity contribution >= 4 is 33.0 Å². The fourth-order valence-electron chi connectivity index (χ4n) is 8.78. The molecule has 0 saturated carbocycles. The Bertz CT molecular complexity index is 2310. The molecule has 7 aromatic rings. The zero-order valence-electron chi connectivity index (χ0n) is 25.6. The van der Waals surface area contributed by atoms with Crippen LogP contribution < -0.4 is 9.13 Å². The van der Waals surface area contributed by atoms with E-state index in [9.17, 15) is 0 Å². The molecule has 0 radical (unpaired) electrons. The second-order valence-corrected chi connectivity index (χ2v) is 12.6. The lowest BCUT2D eigenvalue weighted by Crippen LogP contribution is -2.73. The van der Waals surface area contributed by atoms with Gasteiger partial charge in [0.15, 0.2) is 35.0 Å². The van der Waals surface area contributed by atoms with Gasteiger partial charge < -0.3 is 4.57 Å². The van der Waals surface area contributed by atoms with Gasteiger partial charge in [-0.05, 0) is 67.2 Å². The first kappa shape index (κ1) is 25.6. The summed E-state index contributed by atoms with van der Waals surface area (Å²) < 4.78 is 9.75. The van der Waals surface area contributed by atoms with Gasteiger partial charge in [-0.25, -0.2) is 14.2 Å². The number of rotatable bonds is 4. The predicted octanol–water partition coefficient (Wildman–Crippen LogP) is 6.36. The monoisotopic (exact) mass is 577 g/mol. The molecule has 0 amide bonds. The summed E-state index contributed by atoms with van der Waals surface area (Å²) >= 11 is 0. The van der Waals surface area contributed by atoms with Gasteiger partial charge in [-0.1, -0.05) is 38.5 Å². The van der Waals surface area contributed by atoms with E-state index in [1.54, 1.807) is 0 Å². The topological polar surface area (TPSA) is 56.3 Å². The Hall–Kier alpha value is -4.91. The van der Waals surface area contributed by atoms with Crippen molar-refractivity contribution in [1.29, 1.82) is 0 Å². The Morgan fingerprint density at radius 3 is 2.61 bits per heavy atom. The molecule has 7 heteroatoms. The number of nitrogens with zero attached hydrogens (tertiary/aromatic N) is 7. The van der Waals surface area contributed by atoms with E-state index in [1.165, 1.54) is 44.3 Å². The molecule has 0 N–H and O–H groups in total. The third-order valence-corrected chi connectivity index (χ3v) is 10.5. The molecule has 9 rings (SSSR count). The number of aromatic nitrogens is 7. The summed E-state index contributed by atoms with van der Waals surface area (Å²) in [7, 11) is 2.20. The Kier molecular flexibility index (Phi) is 5.13. The molecule has 2 atom stereocenters. The van der Waals surface area contributed by atoms with Crippen LogP contribution in [-0.2, 0) is 24.7 Å². The SMILES string of the molecule is CCCC1(C2(CC)C[n+]3ccccc3-c3cc(C)nn32)c2cc3c(cc2-c2cnc4cccnc4[n+]21)c1ccccc1n3C. The lowest BCUT2D eigenvalue weighted by atomic mass is 9.67. The minimum atomic E-state index is -0.491. The summed E-state index contributed by atoms with van der Waals surface area (Å²) in [6.07, 6.45) is 9.05. The second-order valence-electron chi connectivity index (χ2n) is 12.6. The smallest absolute Gasteiger partial charge is 0.344 e. The molecule has 5 aromatic heterocycles. The Morgan fingerprint density at radius 2 is 1.75 bits per heavy atom. The van der Waals surface area contributed by atoms with Gasteiger partial charge in [0.2, 0.25) is 5.69 Å². The van der Waals surface area contributed by atoms with Gasteiger partial charge in [-0.3, -0.25) is 0 Å². The third-order valence-electron chi connectivity index (χ3n) is 10.5.